The van der Waals surface area contributed by atoms with Gasteiger partial charge >= 0.3 is 16.9 Å². The number of halogens is 1. The van der Waals surface area contributed by atoms with Crippen LogP contribution in [0.5, 0.6) is 0 Å². The molecule has 3 rings (SSSR count). The molecule has 0 radical (unpaired) electrons. The van der Waals surface area contributed by atoms with Crippen molar-refractivity contribution in [3.8, 4) is 11.3 Å². The SMILES string of the molecule is CCCCn1c(-c2cnn(Cc3ccccc3F)c2)c([N+](=O)[O-])c(=O)n(CCCC)c1=O. The molecule has 10 heteroatoms. The molecule has 0 amide bonds. The molecule has 0 aliphatic heterocycles. The van der Waals surface area contributed by atoms with Crippen LogP contribution < -0.4 is 11.2 Å². The number of unbranched alkanes of at least 4 members (excludes halogenated alkanes) is 2. The maximum absolute atomic E-state index is 14.0. The van der Waals surface area contributed by atoms with Crippen LogP contribution in [0, 0.1) is 15.9 Å². The molecule has 2 heterocycles. The zero-order valence-electron chi connectivity index (χ0n) is 18.2. The average Bonchev–Trinajstić information content (AvgIpc) is 3.22. The van der Waals surface area contributed by atoms with Gasteiger partial charge in [0.2, 0.25) is 0 Å². The summed E-state index contributed by atoms with van der Waals surface area (Å²) in [6, 6.07) is 6.23. The van der Waals surface area contributed by atoms with Gasteiger partial charge in [0.15, 0.2) is 0 Å². The number of hydrogen-bond donors (Lipinski definition) is 0. The van der Waals surface area contributed by atoms with E-state index in [2.05, 4.69) is 5.10 Å². The van der Waals surface area contributed by atoms with Crippen LogP contribution in [-0.4, -0.2) is 23.8 Å². The Morgan fingerprint density at radius 1 is 1.06 bits per heavy atom. The third-order valence-corrected chi connectivity index (χ3v) is 5.25. The monoisotopic (exact) mass is 443 g/mol. The Morgan fingerprint density at radius 2 is 1.72 bits per heavy atom. The third-order valence-electron chi connectivity index (χ3n) is 5.25. The van der Waals surface area contributed by atoms with Gasteiger partial charge in [0.05, 0.1) is 17.7 Å². The number of nitrogens with zero attached hydrogens (tertiary/aromatic N) is 5. The molecule has 32 heavy (non-hydrogen) atoms. The first-order valence-electron chi connectivity index (χ1n) is 10.7. The quantitative estimate of drug-likeness (QED) is 0.352. The van der Waals surface area contributed by atoms with Gasteiger partial charge in [-0.2, -0.15) is 5.10 Å². The molecule has 0 spiro atoms. The molecule has 0 saturated heterocycles. The van der Waals surface area contributed by atoms with E-state index in [0.29, 0.717) is 18.4 Å². The van der Waals surface area contributed by atoms with E-state index in [9.17, 15) is 24.1 Å². The zero-order chi connectivity index (χ0) is 23.3. The van der Waals surface area contributed by atoms with Crippen LogP contribution in [0.4, 0.5) is 10.1 Å². The number of aromatic nitrogens is 4. The van der Waals surface area contributed by atoms with Gasteiger partial charge in [0, 0.05) is 30.4 Å². The second-order valence-corrected chi connectivity index (χ2v) is 7.57. The van der Waals surface area contributed by atoms with Crippen LogP contribution in [0.2, 0.25) is 0 Å². The Morgan fingerprint density at radius 3 is 2.34 bits per heavy atom. The van der Waals surface area contributed by atoms with E-state index in [-0.39, 0.29) is 30.9 Å². The smallest absolute Gasteiger partial charge is 0.287 e. The van der Waals surface area contributed by atoms with Crippen LogP contribution >= 0.6 is 0 Å². The minimum absolute atomic E-state index is 0.0639. The summed E-state index contributed by atoms with van der Waals surface area (Å²) in [5.74, 6) is -0.395. The Balaban J connectivity index is 2.17. The summed E-state index contributed by atoms with van der Waals surface area (Å²) in [4.78, 5) is 37.3. The van der Waals surface area contributed by atoms with Gasteiger partial charge in [-0.25, -0.2) is 9.18 Å². The summed E-state index contributed by atoms with van der Waals surface area (Å²) in [5, 5.41) is 16.1. The van der Waals surface area contributed by atoms with Crippen molar-refractivity contribution in [1.82, 2.24) is 18.9 Å². The van der Waals surface area contributed by atoms with Crippen LogP contribution in [0.3, 0.4) is 0 Å². The summed E-state index contributed by atoms with van der Waals surface area (Å²) >= 11 is 0. The normalized spacial score (nSPS) is 11.1. The predicted molar refractivity (Wildman–Crippen MR) is 118 cm³/mol. The molecule has 9 nitrogen and oxygen atoms in total. The molecule has 1 aromatic carbocycles. The first-order valence-corrected chi connectivity index (χ1v) is 10.7. The lowest BCUT2D eigenvalue weighted by Gasteiger charge is -2.14. The molecular weight excluding hydrogens is 417 g/mol. The number of rotatable bonds is 10. The molecule has 0 atom stereocenters. The fraction of sp³-hybridized carbons (Fsp3) is 0.409. The predicted octanol–water partition coefficient (Wildman–Crippen LogP) is 3.57. The number of benzene rings is 1. The van der Waals surface area contributed by atoms with Gasteiger partial charge in [0.1, 0.15) is 11.5 Å². The lowest BCUT2D eigenvalue weighted by molar-refractivity contribution is -0.386. The summed E-state index contributed by atoms with van der Waals surface area (Å²) in [6.07, 6.45) is 5.52. The van der Waals surface area contributed by atoms with E-state index >= 15 is 0 Å². The second-order valence-electron chi connectivity index (χ2n) is 7.57. The standard InChI is InChI=1S/C22H26FN5O4/c1-3-5-11-26-19(20(28(31)32)21(29)27(22(26)30)12-6-4-2)17-13-24-25(15-17)14-16-9-7-8-10-18(16)23/h7-10,13,15H,3-6,11-12,14H2,1-2H3. The van der Waals surface area contributed by atoms with Gasteiger partial charge in [-0.3, -0.25) is 28.7 Å². The molecule has 3 aromatic rings. The fourth-order valence-electron chi connectivity index (χ4n) is 3.55. The highest BCUT2D eigenvalue weighted by Gasteiger charge is 2.29. The Kier molecular flexibility index (Phi) is 7.34. The molecule has 170 valence electrons. The Bertz CT molecular complexity index is 1230. The van der Waals surface area contributed by atoms with Crippen molar-refractivity contribution in [1.29, 1.82) is 0 Å². The molecule has 0 saturated carbocycles. The largest absolute Gasteiger partial charge is 0.358 e. The minimum atomic E-state index is -0.918. The van der Waals surface area contributed by atoms with Crippen molar-refractivity contribution < 1.29 is 9.31 Å². The van der Waals surface area contributed by atoms with Crippen LogP contribution in [-0.2, 0) is 19.6 Å². The van der Waals surface area contributed by atoms with Crippen molar-refractivity contribution in [2.75, 3.05) is 0 Å². The summed E-state index contributed by atoms with van der Waals surface area (Å²) in [7, 11) is 0. The number of hydrogen-bond acceptors (Lipinski definition) is 5. The molecule has 0 fully saturated rings. The van der Waals surface area contributed by atoms with E-state index in [0.717, 1.165) is 17.4 Å². The lowest BCUT2D eigenvalue weighted by Crippen LogP contribution is -2.42. The summed E-state index contributed by atoms with van der Waals surface area (Å²) < 4.78 is 17.7. The van der Waals surface area contributed by atoms with E-state index in [4.69, 9.17) is 0 Å². The third kappa shape index (κ3) is 4.68. The summed E-state index contributed by atoms with van der Waals surface area (Å²) in [6.45, 7) is 4.31. The van der Waals surface area contributed by atoms with Gasteiger partial charge in [-0.15, -0.1) is 0 Å². The van der Waals surface area contributed by atoms with E-state index in [1.165, 1.54) is 27.7 Å². The first kappa shape index (κ1) is 23.1. The maximum atomic E-state index is 14.0. The van der Waals surface area contributed by atoms with Crippen LogP contribution in [0.25, 0.3) is 11.3 Å². The van der Waals surface area contributed by atoms with E-state index < -0.39 is 27.7 Å². The molecule has 0 aliphatic carbocycles. The van der Waals surface area contributed by atoms with Crippen molar-refractivity contribution >= 4 is 5.69 Å². The zero-order valence-corrected chi connectivity index (χ0v) is 18.2. The molecule has 0 unspecified atom stereocenters. The molecule has 0 bridgehead atoms. The Labute approximate surface area is 183 Å². The van der Waals surface area contributed by atoms with Crippen molar-refractivity contribution in [3.05, 3.63) is 79.0 Å². The van der Waals surface area contributed by atoms with Gasteiger partial charge < -0.3 is 0 Å². The minimum Gasteiger partial charge on any atom is -0.287 e. The van der Waals surface area contributed by atoms with Gasteiger partial charge in [-0.1, -0.05) is 44.9 Å². The molecule has 0 aliphatic rings. The van der Waals surface area contributed by atoms with Gasteiger partial charge in [0.25, 0.3) is 0 Å². The van der Waals surface area contributed by atoms with Gasteiger partial charge in [-0.05, 0) is 18.9 Å². The van der Waals surface area contributed by atoms with Crippen molar-refractivity contribution in [2.24, 2.45) is 0 Å². The Hall–Kier alpha value is -3.56. The maximum Gasteiger partial charge on any atom is 0.358 e. The second kappa shape index (κ2) is 10.2. The molecule has 0 N–H and O–H groups in total. The van der Waals surface area contributed by atoms with Crippen LogP contribution in [0.15, 0.2) is 46.2 Å². The first-order chi connectivity index (χ1) is 15.4. The molecular formula is C22H26FN5O4. The van der Waals surface area contributed by atoms with Crippen molar-refractivity contribution in [2.45, 2.75) is 59.2 Å². The van der Waals surface area contributed by atoms with E-state index in [1.807, 2.05) is 13.8 Å². The summed E-state index contributed by atoms with van der Waals surface area (Å²) in [5.41, 5.74) is -1.54. The highest BCUT2D eigenvalue weighted by atomic mass is 19.1. The lowest BCUT2D eigenvalue weighted by atomic mass is 10.2. The molecule has 2 aromatic heterocycles. The van der Waals surface area contributed by atoms with Crippen molar-refractivity contribution in [3.63, 3.8) is 0 Å². The van der Waals surface area contributed by atoms with E-state index in [1.54, 1.807) is 18.2 Å². The topological polar surface area (TPSA) is 105 Å². The average molecular weight is 443 g/mol. The highest BCUT2D eigenvalue weighted by molar-refractivity contribution is 5.68. The highest BCUT2D eigenvalue weighted by Crippen LogP contribution is 2.26. The number of nitro groups is 1. The fourth-order valence-corrected chi connectivity index (χ4v) is 3.55. The van der Waals surface area contributed by atoms with Crippen LogP contribution in [0.1, 0.15) is 45.1 Å².